The molecule has 8 heteroatoms. The molecule has 3 N–H and O–H groups in total. The first-order chi connectivity index (χ1) is 12.4. The topological polar surface area (TPSA) is 122 Å². The van der Waals surface area contributed by atoms with E-state index in [0.717, 1.165) is 11.1 Å². The number of nitro benzene ring substituents is 1. The normalized spacial score (nSPS) is 14.3. The summed E-state index contributed by atoms with van der Waals surface area (Å²) in [6.07, 6.45) is 0.820. The summed E-state index contributed by atoms with van der Waals surface area (Å²) in [5.41, 5.74) is 1.09. The fraction of sp³-hybridized carbons (Fsp3) is 0.222. The molecule has 0 aliphatic heterocycles. The minimum atomic E-state index is -1.12. The average Bonchev–Trinajstić information content (AvgIpc) is 2.96. The van der Waals surface area contributed by atoms with Gasteiger partial charge in [0.2, 0.25) is 0 Å². The van der Waals surface area contributed by atoms with Crippen LogP contribution in [0.4, 0.5) is 11.4 Å². The molecule has 134 valence electrons. The Balaban J connectivity index is 1.53. The van der Waals surface area contributed by atoms with E-state index < -0.39 is 22.3 Å². The van der Waals surface area contributed by atoms with Gasteiger partial charge in [0.05, 0.1) is 10.5 Å². The van der Waals surface area contributed by atoms with Crippen molar-refractivity contribution in [2.24, 2.45) is 0 Å². The van der Waals surface area contributed by atoms with Crippen LogP contribution in [0.2, 0.25) is 0 Å². The van der Waals surface area contributed by atoms with Gasteiger partial charge in [0.25, 0.3) is 5.69 Å². The summed E-state index contributed by atoms with van der Waals surface area (Å²) < 4.78 is 0. The van der Waals surface area contributed by atoms with Gasteiger partial charge in [0.1, 0.15) is 0 Å². The lowest BCUT2D eigenvalue weighted by Crippen LogP contribution is -2.46. The number of non-ortho nitro benzene ring substituents is 1. The van der Waals surface area contributed by atoms with E-state index in [2.05, 4.69) is 10.6 Å². The number of fused-ring (bicyclic) bond motifs is 1. The van der Waals surface area contributed by atoms with E-state index in [0.29, 0.717) is 12.8 Å². The maximum absolute atomic E-state index is 12.0. The number of benzene rings is 2. The maximum atomic E-state index is 12.0. The number of carbonyl (C=O) groups is 2. The zero-order valence-electron chi connectivity index (χ0n) is 13.8. The van der Waals surface area contributed by atoms with Crippen LogP contribution in [0.25, 0.3) is 0 Å². The van der Waals surface area contributed by atoms with Crippen molar-refractivity contribution >= 4 is 23.2 Å². The number of rotatable bonds is 4. The Bertz CT molecular complexity index is 838. The highest BCUT2D eigenvalue weighted by Crippen LogP contribution is 2.29. The molecule has 2 aromatic carbocycles. The maximum Gasteiger partial charge on any atom is 0.313 e. The third-order valence-electron chi connectivity index (χ3n) is 4.28. The summed E-state index contributed by atoms with van der Waals surface area (Å²) in [6.45, 7) is -0.0474. The van der Waals surface area contributed by atoms with Gasteiger partial charge in [-0.25, -0.2) is 0 Å². The van der Waals surface area contributed by atoms with E-state index in [4.69, 9.17) is 0 Å². The molecule has 2 amide bonds. The Morgan fingerprint density at radius 3 is 2.15 bits per heavy atom. The molecule has 8 nitrogen and oxygen atoms in total. The molecule has 1 aliphatic rings. The third-order valence-corrected chi connectivity index (χ3v) is 4.28. The molecule has 0 atom stereocenters. The second kappa shape index (κ2) is 6.93. The number of nitro groups is 1. The number of hydrogen-bond acceptors (Lipinski definition) is 5. The fourth-order valence-corrected chi connectivity index (χ4v) is 2.98. The summed E-state index contributed by atoms with van der Waals surface area (Å²) in [5, 5.41) is 26.0. The van der Waals surface area contributed by atoms with Crippen LogP contribution >= 0.6 is 0 Å². The molecule has 0 saturated heterocycles. The van der Waals surface area contributed by atoms with Crippen molar-refractivity contribution in [3.05, 3.63) is 69.8 Å². The molecular weight excluding hydrogens is 338 g/mol. The molecular formula is C18H17N3O5. The number of hydrogen-bond donors (Lipinski definition) is 3. The van der Waals surface area contributed by atoms with Gasteiger partial charge in [0.15, 0.2) is 0 Å². The number of amides is 2. The van der Waals surface area contributed by atoms with Crippen molar-refractivity contribution in [1.29, 1.82) is 0 Å². The lowest BCUT2D eigenvalue weighted by Gasteiger charge is -2.22. The fourth-order valence-electron chi connectivity index (χ4n) is 2.98. The summed E-state index contributed by atoms with van der Waals surface area (Å²) in [4.78, 5) is 33.9. The zero-order valence-corrected chi connectivity index (χ0v) is 13.8. The van der Waals surface area contributed by atoms with Gasteiger partial charge in [-0.3, -0.25) is 19.7 Å². The van der Waals surface area contributed by atoms with E-state index >= 15 is 0 Å². The molecule has 3 rings (SSSR count). The monoisotopic (exact) mass is 355 g/mol. The van der Waals surface area contributed by atoms with E-state index in [1.807, 2.05) is 24.3 Å². The van der Waals surface area contributed by atoms with E-state index in [9.17, 15) is 24.8 Å². The second-order valence-electron chi connectivity index (χ2n) is 6.29. The van der Waals surface area contributed by atoms with Crippen LogP contribution in [0.3, 0.4) is 0 Å². The molecule has 0 fully saturated rings. The van der Waals surface area contributed by atoms with Crippen LogP contribution in [0.1, 0.15) is 11.1 Å². The molecule has 0 radical (unpaired) electrons. The highest BCUT2D eigenvalue weighted by molar-refractivity contribution is 6.39. The van der Waals surface area contributed by atoms with E-state index in [-0.39, 0.29) is 17.9 Å². The van der Waals surface area contributed by atoms with Crippen molar-refractivity contribution < 1.29 is 19.6 Å². The quantitative estimate of drug-likeness (QED) is 0.432. The Labute approximate surface area is 149 Å². The minimum Gasteiger partial charge on any atom is -0.387 e. The number of nitrogens with zero attached hydrogens (tertiary/aromatic N) is 1. The van der Waals surface area contributed by atoms with Crippen molar-refractivity contribution in [2.45, 2.75) is 18.4 Å². The van der Waals surface area contributed by atoms with Crippen LogP contribution in [-0.2, 0) is 22.4 Å². The molecule has 26 heavy (non-hydrogen) atoms. The molecule has 0 saturated carbocycles. The predicted octanol–water partition coefficient (Wildman–Crippen LogP) is 1.18. The zero-order chi connectivity index (χ0) is 18.7. The largest absolute Gasteiger partial charge is 0.387 e. The summed E-state index contributed by atoms with van der Waals surface area (Å²) in [5.74, 6) is -1.79. The van der Waals surface area contributed by atoms with Crippen molar-refractivity contribution in [2.75, 3.05) is 11.9 Å². The number of anilines is 1. The second-order valence-corrected chi connectivity index (χ2v) is 6.29. The standard InChI is InChI=1S/C18H17N3O5/c22-16(17(23)20-14-5-7-15(8-6-14)21(25)26)19-11-18(24)9-12-3-1-2-4-13(12)10-18/h1-8,24H,9-11H2,(H,19,22)(H,20,23). The van der Waals surface area contributed by atoms with Gasteiger partial charge >= 0.3 is 11.8 Å². The van der Waals surface area contributed by atoms with Gasteiger partial charge in [-0.2, -0.15) is 0 Å². The SMILES string of the molecule is O=C(NCC1(O)Cc2ccccc2C1)C(=O)Nc1ccc([N+](=O)[O-])cc1. The molecule has 1 aliphatic carbocycles. The molecule has 0 aromatic heterocycles. The first-order valence-electron chi connectivity index (χ1n) is 7.99. The third kappa shape index (κ3) is 3.86. The molecule has 0 heterocycles. The van der Waals surface area contributed by atoms with Gasteiger partial charge in [-0.15, -0.1) is 0 Å². The summed E-state index contributed by atoms with van der Waals surface area (Å²) >= 11 is 0. The Hall–Kier alpha value is -3.26. The number of aliphatic hydroxyl groups is 1. The van der Waals surface area contributed by atoms with Crippen molar-refractivity contribution in [3.63, 3.8) is 0 Å². The van der Waals surface area contributed by atoms with Crippen LogP contribution < -0.4 is 10.6 Å². The number of nitrogens with one attached hydrogen (secondary N) is 2. The Morgan fingerprint density at radius 1 is 1.04 bits per heavy atom. The van der Waals surface area contributed by atoms with Crippen LogP contribution in [0.5, 0.6) is 0 Å². The summed E-state index contributed by atoms with van der Waals surface area (Å²) in [6, 6.07) is 12.8. The van der Waals surface area contributed by atoms with Gasteiger partial charge in [0, 0.05) is 37.2 Å². The molecule has 2 aromatic rings. The Kier molecular flexibility index (Phi) is 4.68. The molecule has 0 unspecified atom stereocenters. The number of carbonyl (C=O) groups excluding carboxylic acids is 2. The van der Waals surface area contributed by atoms with Crippen LogP contribution in [0.15, 0.2) is 48.5 Å². The highest BCUT2D eigenvalue weighted by Gasteiger charge is 2.35. The summed E-state index contributed by atoms with van der Waals surface area (Å²) in [7, 11) is 0. The Morgan fingerprint density at radius 2 is 1.62 bits per heavy atom. The van der Waals surface area contributed by atoms with E-state index in [1.54, 1.807) is 0 Å². The predicted molar refractivity (Wildman–Crippen MR) is 93.5 cm³/mol. The molecule has 0 spiro atoms. The van der Waals surface area contributed by atoms with E-state index in [1.165, 1.54) is 24.3 Å². The molecule has 0 bridgehead atoms. The average molecular weight is 355 g/mol. The van der Waals surface area contributed by atoms with Gasteiger partial charge < -0.3 is 15.7 Å². The van der Waals surface area contributed by atoms with Crippen LogP contribution in [-0.4, -0.2) is 34.0 Å². The lowest BCUT2D eigenvalue weighted by atomic mass is 10.0. The van der Waals surface area contributed by atoms with Crippen molar-refractivity contribution in [1.82, 2.24) is 5.32 Å². The first-order valence-corrected chi connectivity index (χ1v) is 7.99. The van der Waals surface area contributed by atoms with Crippen LogP contribution in [0, 0.1) is 10.1 Å². The minimum absolute atomic E-state index is 0.0474. The van der Waals surface area contributed by atoms with Gasteiger partial charge in [-0.05, 0) is 23.3 Å². The lowest BCUT2D eigenvalue weighted by molar-refractivity contribution is -0.384. The van der Waals surface area contributed by atoms with Gasteiger partial charge in [-0.1, -0.05) is 24.3 Å². The highest BCUT2D eigenvalue weighted by atomic mass is 16.6. The first kappa shape index (κ1) is 17.6. The van der Waals surface area contributed by atoms with Crippen molar-refractivity contribution in [3.8, 4) is 0 Å². The smallest absolute Gasteiger partial charge is 0.313 e.